The molecule has 0 radical (unpaired) electrons. The van der Waals surface area contributed by atoms with Gasteiger partial charge in [0.1, 0.15) is 0 Å². The quantitative estimate of drug-likeness (QED) is 0.768. The van der Waals surface area contributed by atoms with Crippen LogP contribution < -0.4 is 5.32 Å². The molecule has 1 aliphatic rings. The Bertz CT molecular complexity index is 900. The molecule has 4 rings (SSSR count). The van der Waals surface area contributed by atoms with Gasteiger partial charge in [0.05, 0.1) is 0 Å². The van der Waals surface area contributed by atoms with E-state index in [0.717, 1.165) is 38.2 Å². The third-order valence-electron chi connectivity index (χ3n) is 5.31. The second-order valence-electron chi connectivity index (χ2n) is 7.22. The van der Waals surface area contributed by atoms with Gasteiger partial charge < -0.3 is 14.8 Å². The topological polar surface area (TPSA) is 37.3 Å². The number of carbonyl (C=O) groups is 1. The molecule has 1 N–H and O–H groups in total. The molecule has 1 aliphatic heterocycles. The predicted molar refractivity (Wildman–Crippen MR) is 105 cm³/mol. The molecule has 0 saturated carbocycles. The van der Waals surface area contributed by atoms with Gasteiger partial charge in [-0.05, 0) is 47.6 Å². The molecule has 26 heavy (non-hydrogen) atoms. The summed E-state index contributed by atoms with van der Waals surface area (Å²) in [7, 11) is 2.08. The zero-order chi connectivity index (χ0) is 17.9. The van der Waals surface area contributed by atoms with Crippen molar-refractivity contribution in [3.05, 3.63) is 71.9 Å². The summed E-state index contributed by atoms with van der Waals surface area (Å²) >= 11 is 0. The number of nitrogens with one attached hydrogen (secondary N) is 1. The number of hydrogen-bond donors (Lipinski definition) is 1. The third kappa shape index (κ3) is 3.51. The molecule has 0 aliphatic carbocycles. The summed E-state index contributed by atoms with van der Waals surface area (Å²) in [6.45, 7) is 3.51. The zero-order valence-electron chi connectivity index (χ0n) is 15.2. The standard InChI is InChI=1S/C22H25N3O/c1-24-11-10-19-8-7-17(13-21(19)24)14-23-15-18-9-12-25(16-18)22(26)20-5-3-2-4-6-20/h2-8,10-11,13,18,23H,9,12,14-16H2,1H3. The molecular weight excluding hydrogens is 322 g/mol. The highest BCUT2D eigenvalue weighted by Gasteiger charge is 2.26. The molecule has 3 aromatic rings. The first-order valence-electron chi connectivity index (χ1n) is 9.30. The lowest BCUT2D eigenvalue weighted by Gasteiger charge is -2.17. The maximum Gasteiger partial charge on any atom is 0.253 e. The Morgan fingerprint density at radius 2 is 2.00 bits per heavy atom. The summed E-state index contributed by atoms with van der Waals surface area (Å²) in [4.78, 5) is 14.5. The number of aryl methyl sites for hydroxylation is 1. The minimum atomic E-state index is 0.155. The van der Waals surface area contributed by atoms with Crippen LogP contribution in [0.5, 0.6) is 0 Å². The molecule has 4 heteroatoms. The number of aromatic nitrogens is 1. The van der Waals surface area contributed by atoms with Crippen LogP contribution in [0.15, 0.2) is 60.8 Å². The summed E-state index contributed by atoms with van der Waals surface area (Å²) in [6.07, 6.45) is 3.17. The van der Waals surface area contributed by atoms with Crippen molar-refractivity contribution in [3.63, 3.8) is 0 Å². The Hall–Kier alpha value is -2.59. The highest BCUT2D eigenvalue weighted by atomic mass is 16.2. The second-order valence-corrected chi connectivity index (χ2v) is 7.22. The molecule has 2 heterocycles. The fourth-order valence-corrected chi connectivity index (χ4v) is 3.79. The van der Waals surface area contributed by atoms with Gasteiger partial charge in [-0.3, -0.25) is 4.79 Å². The number of hydrogen-bond acceptors (Lipinski definition) is 2. The summed E-state index contributed by atoms with van der Waals surface area (Å²) in [5.41, 5.74) is 3.36. The summed E-state index contributed by atoms with van der Waals surface area (Å²) in [6, 6.07) is 18.3. The van der Waals surface area contributed by atoms with Gasteiger partial charge in [0.25, 0.3) is 5.91 Å². The average molecular weight is 347 g/mol. The van der Waals surface area contributed by atoms with Crippen molar-refractivity contribution >= 4 is 16.8 Å². The van der Waals surface area contributed by atoms with E-state index in [1.807, 2.05) is 35.2 Å². The van der Waals surface area contributed by atoms with E-state index < -0.39 is 0 Å². The van der Waals surface area contributed by atoms with Crippen LogP contribution >= 0.6 is 0 Å². The van der Waals surface area contributed by atoms with Gasteiger partial charge in [-0.15, -0.1) is 0 Å². The van der Waals surface area contributed by atoms with Crippen LogP contribution in [0.2, 0.25) is 0 Å². The first-order chi connectivity index (χ1) is 12.7. The highest BCUT2D eigenvalue weighted by molar-refractivity contribution is 5.94. The van der Waals surface area contributed by atoms with Crippen LogP contribution in [0.3, 0.4) is 0 Å². The molecule has 1 aromatic heterocycles. The van der Waals surface area contributed by atoms with E-state index in [0.29, 0.717) is 5.92 Å². The van der Waals surface area contributed by atoms with Crippen LogP contribution in [0.4, 0.5) is 0 Å². The van der Waals surface area contributed by atoms with Crippen LogP contribution in [-0.2, 0) is 13.6 Å². The Morgan fingerprint density at radius 3 is 2.85 bits per heavy atom. The molecule has 0 spiro atoms. The van der Waals surface area contributed by atoms with E-state index in [2.05, 4.69) is 47.4 Å². The maximum atomic E-state index is 12.5. The van der Waals surface area contributed by atoms with E-state index in [4.69, 9.17) is 0 Å². The molecule has 0 bridgehead atoms. The normalized spacial score (nSPS) is 17.1. The Balaban J connectivity index is 1.29. The first kappa shape index (κ1) is 16.9. The van der Waals surface area contributed by atoms with Crippen molar-refractivity contribution in [1.82, 2.24) is 14.8 Å². The van der Waals surface area contributed by atoms with Crippen LogP contribution in [0.25, 0.3) is 10.9 Å². The number of benzene rings is 2. The first-order valence-corrected chi connectivity index (χ1v) is 9.30. The van der Waals surface area contributed by atoms with Crippen LogP contribution in [-0.4, -0.2) is 35.0 Å². The van der Waals surface area contributed by atoms with Gasteiger partial charge in [0.2, 0.25) is 0 Å². The monoisotopic (exact) mass is 347 g/mol. The summed E-state index contributed by atoms with van der Waals surface area (Å²) in [5, 5.41) is 4.85. The van der Waals surface area contributed by atoms with Gasteiger partial charge >= 0.3 is 0 Å². The summed E-state index contributed by atoms with van der Waals surface area (Å²) in [5.74, 6) is 0.684. The van der Waals surface area contributed by atoms with Gasteiger partial charge in [-0.1, -0.05) is 30.3 Å². The number of fused-ring (bicyclic) bond motifs is 1. The lowest BCUT2D eigenvalue weighted by atomic mass is 10.1. The fourth-order valence-electron chi connectivity index (χ4n) is 3.79. The van der Waals surface area contributed by atoms with Gasteiger partial charge in [0, 0.05) is 50.5 Å². The molecular formula is C22H25N3O. The molecule has 4 nitrogen and oxygen atoms in total. The third-order valence-corrected chi connectivity index (χ3v) is 5.31. The van der Waals surface area contributed by atoms with E-state index in [-0.39, 0.29) is 5.91 Å². The Labute approximate surface area is 154 Å². The number of amides is 1. The Kier molecular flexibility index (Phi) is 4.76. The largest absolute Gasteiger partial charge is 0.351 e. The van der Waals surface area contributed by atoms with Gasteiger partial charge in [0.15, 0.2) is 0 Å². The van der Waals surface area contributed by atoms with Gasteiger partial charge in [-0.2, -0.15) is 0 Å². The molecule has 1 fully saturated rings. The zero-order valence-corrected chi connectivity index (χ0v) is 15.2. The number of rotatable bonds is 5. The molecule has 1 unspecified atom stereocenters. The molecule has 1 amide bonds. The second kappa shape index (κ2) is 7.34. The van der Waals surface area contributed by atoms with Crippen molar-refractivity contribution in [2.75, 3.05) is 19.6 Å². The van der Waals surface area contributed by atoms with Crippen molar-refractivity contribution < 1.29 is 4.79 Å². The van der Waals surface area contributed by atoms with Gasteiger partial charge in [-0.25, -0.2) is 0 Å². The SMILES string of the molecule is Cn1ccc2ccc(CNCC3CCN(C(=O)c4ccccc4)C3)cc21. The molecule has 134 valence electrons. The van der Waals surface area contributed by atoms with Crippen LogP contribution in [0, 0.1) is 5.92 Å². The van der Waals surface area contributed by atoms with E-state index in [9.17, 15) is 4.79 Å². The lowest BCUT2D eigenvalue weighted by Crippen LogP contribution is -2.30. The molecule has 1 atom stereocenters. The van der Waals surface area contributed by atoms with Crippen molar-refractivity contribution in [1.29, 1.82) is 0 Å². The number of nitrogens with zero attached hydrogens (tertiary/aromatic N) is 2. The Morgan fingerprint density at radius 1 is 1.15 bits per heavy atom. The van der Waals surface area contributed by atoms with Crippen molar-refractivity contribution in [2.45, 2.75) is 13.0 Å². The number of carbonyl (C=O) groups excluding carboxylic acids is 1. The van der Waals surface area contributed by atoms with E-state index in [1.165, 1.54) is 16.5 Å². The van der Waals surface area contributed by atoms with Crippen LogP contribution in [0.1, 0.15) is 22.3 Å². The fraction of sp³-hybridized carbons (Fsp3) is 0.318. The maximum absolute atomic E-state index is 12.5. The van der Waals surface area contributed by atoms with E-state index in [1.54, 1.807) is 0 Å². The molecule has 2 aromatic carbocycles. The minimum absolute atomic E-state index is 0.155. The molecule has 1 saturated heterocycles. The minimum Gasteiger partial charge on any atom is -0.351 e. The predicted octanol–water partition coefficient (Wildman–Crippen LogP) is 3.43. The summed E-state index contributed by atoms with van der Waals surface area (Å²) < 4.78 is 2.16. The smallest absolute Gasteiger partial charge is 0.253 e. The number of likely N-dealkylation sites (tertiary alicyclic amines) is 1. The van der Waals surface area contributed by atoms with E-state index >= 15 is 0 Å². The van der Waals surface area contributed by atoms with Crippen molar-refractivity contribution in [3.8, 4) is 0 Å². The highest BCUT2D eigenvalue weighted by Crippen LogP contribution is 2.19. The lowest BCUT2D eigenvalue weighted by molar-refractivity contribution is 0.0787. The average Bonchev–Trinajstić information content (AvgIpc) is 3.29. The van der Waals surface area contributed by atoms with Crippen molar-refractivity contribution in [2.24, 2.45) is 13.0 Å².